The van der Waals surface area contributed by atoms with Crippen LogP contribution in [-0.2, 0) is 37.5 Å². The van der Waals surface area contributed by atoms with E-state index >= 15 is 0 Å². The number of benzene rings is 4. The molecule has 0 saturated heterocycles. The first-order valence-corrected chi connectivity index (χ1v) is 17.5. The third kappa shape index (κ3) is 10.6. The van der Waals surface area contributed by atoms with E-state index in [1.807, 2.05) is 0 Å². The number of rotatable bonds is 15. The van der Waals surface area contributed by atoms with Crippen molar-refractivity contribution in [1.82, 2.24) is 0 Å². The van der Waals surface area contributed by atoms with Gasteiger partial charge in [-0.2, -0.15) is 52.7 Å². The smallest absolute Gasteiger partial charge is 0.416 e. The van der Waals surface area contributed by atoms with Crippen molar-refractivity contribution in [3.8, 4) is 34.5 Å². The number of halogens is 12. The van der Waals surface area contributed by atoms with E-state index in [0.29, 0.717) is 28.4 Å². The molecular formula is C40H40F12N2O6. The van der Waals surface area contributed by atoms with Gasteiger partial charge < -0.3 is 38.2 Å². The number of ether oxygens (including phenoxy) is 6. The van der Waals surface area contributed by atoms with Gasteiger partial charge in [-0.05, 0) is 41.8 Å². The van der Waals surface area contributed by atoms with E-state index in [0.717, 1.165) is 30.9 Å². The second-order valence-corrected chi connectivity index (χ2v) is 13.4. The number of alkyl halides is 12. The Morgan fingerprint density at radius 3 is 1.03 bits per heavy atom. The number of nitrogens with zero attached hydrogens (tertiary/aromatic N) is 2. The molecule has 0 saturated carbocycles. The molecule has 0 N–H and O–H groups in total. The molecular weight excluding hydrogens is 832 g/mol. The van der Waals surface area contributed by atoms with Crippen LogP contribution in [0.25, 0.3) is 0 Å². The lowest BCUT2D eigenvalue weighted by Gasteiger charge is -2.27. The maximum absolute atomic E-state index is 14.6. The summed E-state index contributed by atoms with van der Waals surface area (Å²) >= 11 is 0. The Hall–Kier alpha value is -5.56. The Morgan fingerprint density at radius 1 is 0.417 bits per heavy atom. The molecule has 330 valence electrons. The van der Waals surface area contributed by atoms with Gasteiger partial charge >= 0.3 is 24.7 Å². The van der Waals surface area contributed by atoms with Crippen molar-refractivity contribution in [2.24, 2.45) is 0 Å². The van der Waals surface area contributed by atoms with Gasteiger partial charge in [-0.3, -0.25) is 0 Å². The summed E-state index contributed by atoms with van der Waals surface area (Å²) in [5, 5.41) is 0. The molecule has 0 unspecified atom stereocenters. The average Bonchev–Trinajstić information content (AvgIpc) is 3.16. The van der Waals surface area contributed by atoms with E-state index in [9.17, 15) is 52.7 Å². The third-order valence-corrected chi connectivity index (χ3v) is 9.45. The van der Waals surface area contributed by atoms with Gasteiger partial charge in [0.1, 0.15) is 41.1 Å². The zero-order valence-corrected chi connectivity index (χ0v) is 33.3. The highest BCUT2D eigenvalue weighted by Crippen LogP contribution is 2.48. The highest BCUT2D eigenvalue weighted by molar-refractivity contribution is 5.61. The summed E-state index contributed by atoms with van der Waals surface area (Å²) in [4.78, 5) is 1.83. The molecule has 0 atom stereocenters. The van der Waals surface area contributed by atoms with Gasteiger partial charge in [-0.1, -0.05) is 0 Å². The number of anilines is 2. The molecule has 0 aliphatic rings. The molecule has 0 heterocycles. The van der Waals surface area contributed by atoms with Crippen LogP contribution in [0, 0.1) is 0 Å². The van der Waals surface area contributed by atoms with Gasteiger partial charge in [0, 0.05) is 74.3 Å². The SMILES string of the molecule is COc1cc(OC)c(Cc2c(OC)cc(OCCN(C)c3cc(C(F)(F)F)c(Cc4c(C(F)(F)F)cc(N(C)C)cc4C(F)(F)F)c(C(F)(F)F)c3)cc2OC)c(OC)c1. The Kier molecular flexibility index (Phi) is 14.1. The van der Waals surface area contributed by atoms with Crippen molar-refractivity contribution < 1.29 is 81.1 Å². The van der Waals surface area contributed by atoms with E-state index in [2.05, 4.69) is 0 Å². The average molecular weight is 873 g/mol. The van der Waals surface area contributed by atoms with Gasteiger partial charge in [-0.25, -0.2) is 0 Å². The zero-order chi connectivity index (χ0) is 45.1. The molecule has 0 fully saturated rings. The summed E-state index contributed by atoms with van der Waals surface area (Å²) in [7, 11) is 10.5. The lowest BCUT2D eigenvalue weighted by molar-refractivity contribution is -0.144. The third-order valence-electron chi connectivity index (χ3n) is 9.45. The van der Waals surface area contributed by atoms with E-state index in [4.69, 9.17) is 28.4 Å². The number of hydrogen-bond donors (Lipinski definition) is 0. The van der Waals surface area contributed by atoms with Crippen molar-refractivity contribution in [2.45, 2.75) is 37.5 Å². The topological polar surface area (TPSA) is 61.9 Å². The maximum Gasteiger partial charge on any atom is 0.416 e. The number of methoxy groups -OCH3 is 5. The summed E-state index contributed by atoms with van der Waals surface area (Å²) in [5.74, 6) is 1.95. The fourth-order valence-electron chi connectivity index (χ4n) is 6.44. The fourth-order valence-corrected chi connectivity index (χ4v) is 6.44. The summed E-state index contributed by atoms with van der Waals surface area (Å²) in [6, 6.07) is 7.17. The standard InChI is InChI=1S/C40H40F12N2O6/c1-53(2)21-11-29(37(41,42)43)25(30(12-21)38(44,45)46)19-26-31(39(47,48)49)13-22(14-32(26)40(50,51)52)54(3)9-10-60-24-17-35(58-7)28(36(18-24)59-8)20-27-33(56-5)15-23(55-4)16-34(27)57-6/h11-18H,9-10,19-20H2,1-8H3. The van der Waals surface area contributed by atoms with Gasteiger partial charge in [0.15, 0.2) is 0 Å². The number of likely N-dealkylation sites (N-methyl/N-ethyl adjacent to an activating group) is 1. The molecule has 0 amide bonds. The van der Waals surface area contributed by atoms with Crippen LogP contribution in [0.15, 0.2) is 48.5 Å². The Balaban J connectivity index is 1.73. The lowest BCUT2D eigenvalue weighted by atomic mass is 9.88. The van der Waals surface area contributed by atoms with Gasteiger partial charge in [0.2, 0.25) is 0 Å². The Labute approximate surface area is 337 Å². The van der Waals surface area contributed by atoms with Gasteiger partial charge in [0.05, 0.1) is 64.3 Å². The van der Waals surface area contributed by atoms with Crippen molar-refractivity contribution in [3.63, 3.8) is 0 Å². The van der Waals surface area contributed by atoms with Crippen LogP contribution < -0.4 is 38.2 Å². The van der Waals surface area contributed by atoms with Crippen molar-refractivity contribution in [3.05, 3.63) is 93.0 Å². The minimum absolute atomic E-state index is 0.123. The molecule has 0 aliphatic carbocycles. The minimum atomic E-state index is -5.66. The van der Waals surface area contributed by atoms with Crippen LogP contribution in [0.4, 0.5) is 64.1 Å². The fraction of sp³-hybridized carbons (Fsp3) is 0.400. The minimum Gasteiger partial charge on any atom is -0.496 e. The second kappa shape index (κ2) is 18.0. The zero-order valence-electron chi connectivity index (χ0n) is 33.3. The predicted octanol–water partition coefficient (Wildman–Crippen LogP) is 10.6. The second-order valence-electron chi connectivity index (χ2n) is 13.4. The van der Waals surface area contributed by atoms with E-state index < -0.39 is 75.9 Å². The predicted molar refractivity (Wildman–Crippen MR) is 197 cm³/mol. The molecule has 4 rings (SSSR count). The van der Waals surface area contributed by atoms with Crippen LogP contribution in [0.5, 0.6) is 34.5 Å². The van der Waals surface area contributed by atoms with Crippen LogP contribution >= 0.6 is 0 Å². The van der Waals surface area contributed by atoms with E-state index in [1.165, 1.54) is 47.7 Å². The molecule has 4 aromatic carbocycles. The first-order valence-electron chi connectivity index (χ1n) is 17.5. The van der Waals surface area contributed by atoms with Crippen molar-refractivity contribution in [1.29, 1.82) is 0 Å². The van der Waals surface area contributed by atoms with Crippen LogP contribution in [0.3, 0.4) is 0 Å². The molecule has 0 spiro atoms. The van der Waals surface area contributed by atoms with Gasteiger partial charge in [-0.15, -0.1) is 0 Å². The first kappa shape index (κ1) is 47.1. The number of hydrogen-bond acceptors (Lipinski definition) is 8. The first-order chi connectivity index (χ1) is 27.8. The summed E-state index contributed by atoms with van der Waals surface area (Å²) in [5.41, 5.74) is -12.1. The Bertz CT molecular complexity index is 2030. The van der Waals surface area contributed by atoms with Crippen molar-refractivity contribution >= 4 is 11.4 Å². The summed E-state index contributed by atoms with van der Waals surface area (Å²) in [6.07, 6.45) is -24.4. The van der Waals surface area contributed by atoms with E-state index in [1.54, 1.807) is 12.1 Å². The molecule has 4 aromatic rings. The summed E-state index contributed by atoms with van der Waals surface area (Å²) < 4.78 is 206. The van der Waals surface area contributed by atoms with Crippen LogP contribution in [0.1, 0.15) is 44.5 Å². The molecule has 8 nitrogen and oxygen atoms in total. The highest BCUT2D eigenvalue weighted by Gasteiger charge is 2.46. The van der Waals surface area contributed by atoms with Crippen molar-refractivity contribution in [2.75, 3.05) is 79.6 Å². The molecule has 0 aliphatic heterocycles. The van der Waals surface area contributed by atoms with Gasteiger partial charge in [0.25, 0.3) is 0 Å². The molecule has 0 radical (unpaired) electrons. The normalized spacial score (nSPS) is 12.3. The maximum atomic E-state index is 14.6. The van der Waals surface area contributed by atoms with Crippen LogP contribution in [0.2, 0.25) is 0 Å². The largest absolute Gasteiger partial charge is 0.496 e. The Morgan fingerprint density at radius 2 is 0.733 bits per heavy atom. The lowest BCUT2D eigenvalue weighted by Crippen LogP contribution is -2.26. The summed E-state index contributed by atoms with van der Waals surface area (Å²) in [6.45, 7) is -0.710. The highest BCUT2D eigenvalue weighted by atomic mass is 19.4. The quantitative estimate of drug-likeness (QED) is 0.110. The molecule has 0 bridgehead atoms. The molecule has 60 heavy (non-hydrogen) atoms. The monoisotopic (exact) mass is 872 g/mol. The van der Waals surface area contributed by atoms with E-state index in [-0.39, 0.29) is 61.1 Å². The van der Waals surface area contributed by atoms with Crippen LogP contribution in [-0.4, -0.2) is 69.8 Å². The molecule has 20 heteroatoms. The molecule has 0 aromatic heterocycles.